The number of rotatable bonds is 5. The van der Waals surface area contributed by atoms with Crippen molar-refractivity contribution in [1.29, 1.82) is 0 Å². The summed E-state index contributed by atoms with van der Waals surface area (Å²) in [5.41, 5.74) is 1.52. The number of hydrogen-bond donors (Lipinski definition) is 1. The largest absolute Gasteiger partial charge is 0.353 e. The van der Waals surface area contributed by atoms with Crippen LogP contribution in [0.25, 0.3) is 11.1 Å². The number of halogens is 1. The number of hydrogen-bond acceptors (Lipinski definition) is 2. The van der Waals surface area contributed by atoms with E-state index in [1.54, 1.807) is 17.0 Å². The van der Waals surface area contributed by atoms with E-state index in [1.807, 2.05) is 44.2 Å². The molecule has 1 N–H and O–H groups in total. The maximum Gasteiger partial charge on any atom is 0.228 e. The molecular weight excluding hydrogens is 355 g/mol. The molecule has 1 heterocycles. The van der Waals surface area contributed by atoms with E-state index in [4.69, 9.17) is 0 Å². The summed E-state index contributed by atoms with van der Waals surface area (Å²) in [6.45, 7) is 6.33. The highest BCUT2D eigenvalue weighted by Crippen LogP contribution is 2.38. The van der Waals surface area contributed by atoms with Gasteiger partial charge in [-0.25, -0.2) is 4.39 Å². The Labute approximate surface area is 165 Å². The van der Waals surface area contributed by atoms with Crippen LogP contribution in [0.5, 0.6) is 0 Å². The van der Waals surface area contributed by atoms with Gasteiger partial charge in [-0.1, -0.05) is 42.5 Å². The van der Waals surface area contributed by atoms with Gasteiger partial charge in [0, 0.05) is 31.6 Å². The number of nitrogens with one attached hydrogen (secondary N) is 1. The first-order valence-electron chi connectivity index (χ1n) is 9.72. The quantitative estimate of drug-likeness (QED) is 0.855. The highest BCUT2D eigenvalue weighted by Gasteiger charge is 2.45. The van der Waals surface area contributed by atoms with E-state index in [0.29, 0.717) is 31.5 Å². The van der Waals surface area contributed by atoms with Crippen LogP contribution in [0.2, 0.25) is 0 Å². The van der Waals surface area contributed by atoms with E-state index >= 15 is 0 Å². The Kier molecular flexibility index (Phi) is 5.82. The average molecular weight is 382 g/mol. The molecule has 3 rings (SSSR count). The summed E-state index contributed by atoms with van der Waals surface area (Å²) in [7, 11) is 0. The number of amides is 2. The van der Waals surface area contributed by atoms with E-state index in [-0.39, 0.29) is 23.7 Å². The van der Waals surface area contributed by atoms with Crippen LogP contribution in [0.4, 0.5) is 4.39 Å². The summed E-state index contributed by atoms with van der Waals surface area (Å²) in [6, 6.07) is 14.3. The Hall–Kier alpha value is -2.69. The zero-order valence-electron chi connectivity index (χ0n) is 16.7. The molecule has 0 aromatic heterocycles. The van der Waals surface area contributed by atoms with E-state index in [1.165, 1.54) is 13.0 Å². The summed E-state index contributed by atoms with van der Waals surface area (Å²) in [4.78, 5) is 26.8. The van der Waals surface area contributed by atoms with E-state index < -0.39 is 5.41 Å². The van der Waals surface area contributed by atoms with Gasteiger partial charge in [0.1, 0.15) is 5.82 Å². The van der Waals surface area contributed by atoms with Crippen molar-refractivity contribution in [2.45, 2.75) is 39.7 Å². The second-order valence-corrected chi connectivity index (χ2v) is 7.91. The summed E-state index contributed by atoms with van der Waals surface area (Å²) < 4.78 is 14.4. The van der Waals surface area contributed by atoms with Crippen molar-refractivity contribution in [3.05, 3.63) is 59.9 Å². The fraction of sp³-hybridized carbons (Fsp3) is 0.391. The topological polar surface area (TPSA) is 49.4 Å². The molecule has 1 aliphatic heterocycles. The summed E-state index contributed by atoms with van der Waals surface area (Å²) in [6.07, 6.45) is 1.05. The van der Waals surface area contributed by atoms with Crippen LogP contribution in [0, 0.1) is 11.2 Å². The molecule has 1 atom stereocenters. The first kappa shape index (κ1) is 20.1. The van der Waals surface area contributed by atoms with Crippen LogP contribution < -0.4 is 5.32 Å². The molecule has 1 aliphatic rings. The minimum absolute atomic E-state index is 0.0116. The van der Waals surface area contributed by atoms with Gasteiger partial charge in [0.05, 0.1) is 5.41 Å². The van der Waals surface area contributed by atoms with Crippen LogP contribution >= 0.6 is 0 Å². The van der Waals surface area contributed by atoms with Crippen molar-refractivity contribution in [2.75, 3.05) is 13.1 Å². The molecule has 0 radical (unpaired) electrons. The van der Waals surface area contributed by atoms with E-state index in [0.717, 1.165) is 11.1 Å². The minimum atomic E-state index is -0.711. The molecule has 2 aromatic rings. The molecule has 2 amide bonds. The molecule has 0 aliphatic carbocycles. The van der Waals surface area contributed by atoms with Crippen LogP contribution in [0.1, 0.15) is 32.8 Å². The lowest BCUT2D eigenvalue weighted by molar-refractivity contribution is -0.132. The molecule has 0 bridgehead atoms. The Bertz CT molecular complexity index is 880. The Morgan fingerprint density at radius 1 is 1.11 bits per heavy atom. The molecule has 1 saturated heterocycles. The fourth-order valence-corrected chi connectivity index (χ4v) is 3.95. The Morgan fingerprint density at radius 3 is 2.36 bits per heavy atom. The lowest BCUT2D eigenvalue weighted by atomic mass is 9.78. The van der Waals surface area contributed by atoms with Crippen molar-refractivity contribution < 1.29 is 14.0 Å². The number of nitrogens with zero attached hydrogens (tertiary/aromatic N) is 1. The van der Waals surface area contributed by atoms with Gasteiger partial charge in [-0.15, -0.1) is 0 Å². The van der Waals surface area contributed by atoms with Crippen LogP contribution in [-0.2, 0) is 16.0 Å². The first-order chi connectivity index (χ1) is 13.3. The van der Waals surface area contributed by atoms with Crippen molar-refractivity contribution in [3.8, 4) is 11.1 Å². The maximum absolute atomic E-state index is 14.4. The van der Waals surface area contributed by atoms with Crippen LogP contribution in [0.15, 0.2) is 48.5 Å². The number of carbonyl (C=O) groups is 2. The zero-order chi connectivity index (χ0) is 20.3. The van der Waals surface area contributed by atoms with Gasteiger partial charge < -0.3 is 10.2 Å². The average Bonchev–Trinajstić information content (AvgIpc) is 3.08. The normalized spacial score (nSPS) is 19.1. The van der Waals surface area contributed by atoms with Gasteiger partial charge in [0.2, 0.25) is 11.8 Å². The highest BCUT2D eigenvalue weighted by molar-refractivity contribution is 5.86. The molecule has 2 aromatic carbocycles. The first-order valence-corrected chi connectivity index (χ1v) is 9.72. The molecular formula is C23H27FN2O2. The molecule has 5 heteroatoms. The lowest BCUT2D eigenvalue weighted by Crippen LogP contribution is -2.47. The van der Waals surface area contributed by atoms with Crippen LogP contribution in [-0.4, -0.2) is 35.8 Å². The third-order valence-corrected chi connectivity index (χ3v) is 5.41. The lowest BCUT2D eigenvalue weighted by Gasteiger charge is -2.30. The monoisotopic (exact) mass is 382 g/mol. The molecule has 28 heavy (non-hydrogen) atoms. The Balaban J connectivity index is 2.00. The molecule has 148 valence electrons. The van der Waals surface area contributed by atoms with Crippen molar-refractivity contribution >= 4 is 11.8 Å². The molecule has 4 nitrogen and oxygen atoms in total. The van der Waals surface area contributed by atoms with Gasteiger partial charge >= 0.3 is 0 Å². The molecule has 1 fully saturated rings. The fourth-order valence-electron chi connectivity index (χ4n) is 3.95. The number of carbonyl (C=O) groups excluding carboxylic acids is 2. The second-order valence-electron chi connectivity index (χ2n) is 7.91. The third kappa shape index (κ3) is 4.08. The van der Waals surface area contributed by atoms with Crippen LogP contribution in [0.3, 0.4) is 0 Å². The van der Waals surface area contributed by atoms with E-state index in [2.05, 4.69) is 5.32 Å². The summed E-state index contributed by atoms with van der Waals surface area (Å²) in [5.74, 6) is -0.358. The number of likely N-dealkylation sites (tertiary alicyclic amines) is 1. The predicted octanol–water partition coefficient (Wildman–Crippen LogP) is 3.80. The van der Waals surface area contributed by atoms with Gasteiger partial charge in [-0.05, 0) is 43.9 Å². The third-order valence-electron chi connectivity index (χ3n) is 5.41. The standard InChI is InChI=1S/C23H27FN2O2/c1-16(2)25-22(28)23(12-13-26(15-23)17(3)27)14-18-8-4-5-9-19(18)20-10-6-7-11-21(20)24/h4-11,16H,12-15H2,1-3H3,(H,25,28)/t23-/m0/s1. The second kappa shape index (κ2) is 8.13. The van der Waals surface area contributed by atoms with E-state index in [9.17, 15) is 14.0 Å². The van der Waals surface area contributed by atoms with Gasteiger partial charge in [-0.3, -0.25) is 9.59 Å². The summed E-state index contributed by atoms with van der Waals surface area (Å²) in [5, 5.41) is 3.02. The van der Waals surface area contributed by atoms with Gasteiger partial charge in [0.25, 0.3) is 0 Å². The SMILES string of the molecule is CC(=O)N1CC[C@@](Cc2ccccc2-c2ccccc2F)(C(=O)NC(C)C)C1. The van der Waals surface area contributed by atoms with Gasteiger partial charge in [-0.2, -0.15) is 0 Å². The minimum Gasteiger partial charge on any atom is -0.353 e. The van der Waals surface area contributed by atoms with Crippen molar-refractivity contribution in [3.63, 3.8) is 0 Å². The molecule has 0 spiro atoms. The highest BCUT2D eigenvalue weighted by atomic mass is 19.1. The smallest absolute Gasteiger partial charge is 0.228 e. The summed E-state index contributed by atoms with van der Waals surface area (Å²) >= 11 is 0. The molecule has 0 unspecified atom stereocenters. The van der Waals surface area contributed by atoms with Gasteiger partial charge in [0.15, 0.2) is 0 Å². The van der Waals surface area contributed by atoms with Crippen molar-refractivity contribution in [2.24, 2.45) is 5.41 Å². The maximum atomic E-state index is 14.4. The Morgan fingerprint density at radius 2 is 1.75 bits per heavy atom. The number of benzene rings is 2. The zero-order valence-corrected chi connectivity index (χ0v) is 16.7. The van der Waals surface area contributed by atoms with Crippen molar-refractivity contribution in [1.82, 2.24) is 10.2 Å². The predicted molar refractivity (Wildman–Crippen MR) is 108 cm³/mol. The molecule has 0 saturated carbocycles.